The fourth-order valence-corrected chi connectivity index (χ4v) is 3.30. The van der Waals surface area contributed by atoms with Crippen LogP contribution in [-0.2, 0) is 10.5 Å². The number of hydrogen-bond donors (Lipinski definition) is 2. The molecule has 0 bridgehead atoms. The van der Waals surface area contributed by atoms with E-state index in [9.17, 15) is 4.79 Å². The molecular formula is C19H22N4OS. The average Bonchev–Trinajstić information content (AvgIpc) is 3.02. The first-order valence-corrected chi connectivity index (χ1v) is 9.36. The highest BCUT2D eigenvalue weighted by atomic mass is 32.2. The monoisotopic (exact) mass is 354 g/mol. The normalized spacial score (nSPS) is 12.2. The molecular weight excluding hydrogens is 332 g/mol. The molecule has 3 aromatic rings. The van der Waals surface area contributed by atoms with Crippen LogP contribution in [-0.4, -0.2) is 27.6 Å². The predicted octanol–water partition coefficient (Wildman–Crippen LogP) is 2.69. The van der Waals surface area contributed by atoms with Gasteiger partial charge in [0, 0.05) is 30.7 Å². The van der Waals surface area contributed by atoms with Crippen molar-refractivity contribution in [2.75, 3.05) is 12.3 Å². The van der Waals surface area contributed by atoms with Crippen molar-refractivity contribution in [3.05, 3.63) is 71.7 Å². The molecule has 0 aliphatic heterocycles. The highest BCUT2D eigenvalue weighted by Crippen LogP contribution is 2.14. The third-order valence-corrected chi connectivity index (χ3v) is 4.84. The molecule has 0 saturated heterocycles. The largest absolute Gasteiger partial charge is 0.353 e. The summed E-state index contributed by atoms with van der Waals surface area (Å²) in [5.41, 5.74) is 10.2. The molecule has 5 nitrogen and oxygen atoms in total. The van der Waals surface area contributed by atoms with Gasteiger partial charge < -0.3 is 15.5 Å². The van der Waals surface area contributed by atoms with Crippen molar-refractivity contribution in [2.45, 2.75) is 18.7 Å². The molecule has 0 saturated carbocycles. The molecule has 2 aromatic heterocycles. The summed E-state index contributed by atoms with van der Waals surface area (Å²) in [6.07, 6.45) is 4.06. The zero-order valence-corrected chi connectivity index (χ0v) is 15.0. The lowest BCUT2D eigenvalue weighted by Gasteiger charge is -2.12. The van der Waals surface area contributed by atoms with E-state index in [-0.39, 0.29) is 11.9 Å². The van der Waals surface area contributed by atoms with Crippen molar-refractivity contribution in [3.8, 4) is 0 Å². The van der Waals surface area contributed by atoms with Crippen molar-refractivity contribution in [3.63, 3.8) is 0 Å². The Morgan fingerprint density at radius 2 is 2.04 bits per heavy atom. The minimum atomic E-state index is -0.183. The summed E-state index contributed by atoms with van der Waals surface area (Å²) in [5.74, 6) is 1.10. The summed E-state index contributed by atoms with van der Waals surface area (Å²) in [7, 11) is 0. The molecule has 1 aromatic carbocycles. The number of imidazole rings is 1. The van der Waals surface area contributed by atoms with Crippen molar-refractivity contribution >= 4 is 23.3 Å². The molecule has 6 heteroatoms. The van der Waals surface area contributed by atoms with Crippen molar-refractivity contribution in [1.82, 2.24) is 14.7 Å². The number of nitrogens with zero attached hydrogens (tertiary/aromatic N) is 2. The zero-order valence-electron chi connectivity index (χ0n) is 14.2. The number of thioether (sulfide) groups is 1. The first-order chi connectivity index (χ1) is 12.1. The minimum absolute atomic E-state index is 0.00371. The molecule has 0 aliphatic carbocycles. The minimum Gasteiger partial charge on any atom is -0.353 e. The number of rotatable bonds is 7. The van der Waals surface area contributed by atoms with Crippen LogP contribution in [0.25, 0.3) is 5.65 Å². The molecule has 3 rings (SSSR count). The summed E-state index contributed by atoms with van der Waals surface area (Å²) in [6, 6.07) is 13.6. The maximum atomic E-state index is 12.0. The predicted molar refractivity (Wildman–Crippen MR) is 102 cm³/mol. The molecule has 0 fully saturated rings. The Morgan fingerprint density at radius 3 is 2.84 bits per heavy atom. The van der Waals surface area contributed by atoms with E-state index < -0.39 is 0 Å². The summed E-state index contributed by atoms with van der Waals surface area (Å²) in [4.78, 5) is 16.5. The number of carbonyl (C=O) groups excluding carboxylic acids is 1. The Kier molecular flexibility index (Phi) is 5.73. The topological polar surface area (TPSA) is 72.4 Å². The summed E-state index contributed by atoms with van der Waals surface area (Å²) >= 11 is 1.55. The van der Waals surface area contributed by atoms with E-state index in [0.29, 0.717) is 18.1 Å². The Balaban J connectivity index is 1.42. The van der Waals surface area contributed by atoms with E-state index >= 15 is 0 Å². The van der Waals surface area contributed by atoms with Gasteiger partial charge >= 0.3 is 0 Å². The lowest BCUT2D eigenvalue weighted by molar-refractivity contribution is -0.118. The molecule has 0 radical (unpaired) electrons. The molecule has 25 heavy (non-hydrogen) atoms. The Hall–Kier alpha value is -2.31. The number of aryl methyl sites for hydroxylation is 1. The van der Waals surface area contributed by atoms with Crippen molar-refractivity contribution in [1.29, 1.82) is 0 Å². The quantitative estimate of drug-likeness (QED) is 0.684. The van der Waals surface area contributed by atoms with E-state index in [1.54, 1.807) is 11.8 Å². The second kappa shape index (κ2) is 8.18. The van der Waals surface area contributed by atoms with Crippen LogP contribution in [0.1, 0.15) is 22.9 Å². The SMILES string of the molecule is Cc1ccc2nc(CSCC(=O)NCC(N)c3ccccc3)cn2c1. The fraction of sp³-hybridized carbons (Fsp3) is 0.263. The molecule has 2 heterocycles. The van der Waals surface area contributed by atoms with Gasteiger partial charge in [0.25, 0.3) is 0 Å². The van der Waals surface area contributed by atoms with Gasteiger partial charge in [0.05, 0.1) is 11.4 Å². The van der Waals surface area contributed by atoms with Gasteiger partial charge in [0.2, 0.25) is 5.91 Å². The fourth-order valence-electron chi connectivity index (χ4n) is 2.57. The van der Waals surface area contributed by atoms with Gasteiger partial charge in [0.1, 0.15) is 5.65 Å². The van der Waals surface area contributed by atoms with E-state index in [1.807, 2.05) is 59.3 Å². The van der Waals surface area contributed by atoms with Gasteiger partial charge in [-0.1, -0.05) is 36.4 Å². The number of nitrogens with one attached hydrogen (secondary N) is 1. The van der Waals surface area contributed by atoms with Gasteiger partial charge in [-0.3, -0.25) is 4.79 Å². The van der Waals surface area contributed by atoms with Gasteiger partial charge in [-0.2, -0.15) is 0 Å². The molecule has 1 amide bonds. The molecule has 0 aliphatic rings. The van der Waals surface area contributed by atoms with Gasteiger partial charge in [-0.15, -0.1) is 11.8 Å². The molecule has 1 unspecified atom stereocenters. The average molecular weight is 354 g/mol. The summed E-state index contributed by atoms with van der Waals surface area (Å²) in [5, 5.41) is 2.89. The van der Waals surface area contributed by atoms with Gasteiger partial charge in [-0.05, 0) is 24.1 Å². The lowest BCUT2D eigenvalue weighted by atomic mass is 10.1. The maximum Gasteiger partial charge on any atom is 0.230 e. The molecule has 130 valence electrons. The third kappa shape index (κ3) is 4.84. The van der Waals surface area contributed by atoms with Crippen LogP contribution in [0.4, 0.5) is 0 Å². The first-order valence-electron chi connectivity index (χ1n) is 8.21. The van der Waals surface area contributed by atoms with E-state index in [4.69, 9.17) is 5.73 Å². The Morgan fingerprint density at radius 1 is 1.24 bits per heavy atom. The zero-order chi connectivity index (χ0) is 17.6. The van der Waals surface area contributed by atoms with Crippen LogP contribution in [0.3, 0.4) is 0 Å². The number of fused-ring (bicyclic) bond motifs is 1. The Labute approximate surface area is 151 Å². The third-order valence-electron chi connectivity index (χ3n) is 3.88. The standard InChI is InChI=1S/C19H22N4OS/c1-14-7-8-18-22-16(11-23(18)10-14)12-25-13-19(24)21-9-17(20)15-5-3-2-4-6-15/h2-8,10-11,17H,9,12-13,20H2,1H3,(H,21,24). The molecule has 3 N–H and O–H groups in total. The van der Waals surface area contributed by atoms with Gasteiger partial charge in [-0.25, -0.2) is 4.98 Å². The van der Waals surface area contributed by atoms with Crippen LogP contribution >= 0.6 is 11.8 Å². The van der Waals surface area contributed by atoms with Crippen molar-refractivity contribution in [2.24, 2.45) is 5.73 Å². The number of aromatic nitrogens is 2. The van der Waals surface area contributed by atoms with Crippen molar-refractivity contribution < 1.29 is 4.79 Å². The van der Waals surface area contributed by atoms with Crippen LogP contribution in [0, 0.1) is 6.92 Å². The molecule has 1 atom stereocenters. The van der Waals surface area contributed by atoms with E-state index in [1.165, 1.54) is 5.56 Å². The number of nitrogens with two attached hydrogens (primary N) is 1. The smallest absolute Gasteiger partial charge is 0.230 e. The van der Waals surface area contributed by atoms with E-state index in [2.05, 4.69) is 17.2 Å². The number of pyridine rings is 1. The number of benzene rings is 1. The highest BCUT2D eigenvalue weighted by Gasteiger charge is 2.09. The van der Waals surface area contributed by atoms with Crippen LogP contribution in [0.5, 0.6) is 0 Å². The van der Waals surface area contributed by atoms with E-state index in [0.717, 1.165) is 16.9 Å². The number of hydrogen-bond acceptors (Lipinski definition) is 4. The Bertz CT molecular complexity index is 847. The molecule has 0 spiro atoms. The van der Waals surface area contributed by atoms with Crippen LogP contribution in [0.2, 0.25) is 0 Å². The van der Waals surface area contributed by atoms with Crippen LogP contribution in [0.15, 0.2) is 54.9 Å². The number of amides is 1. The maximum absolute atomic E-state index is 12.0. The second-order valence-electron chi connectivity index (χ2n) is 6.02. The lowest BCUT2D eigenvalue weighted by Crippen LogP contribution is -2.33. The highest BCUT2D eigenvalue weighted by molar-refractivity contribution is 7.99. The number of carbonyl (C=O) groups is 1. The summed E-state index contributed by atoms with van der Waals surface area (Å²) in [6.45, 7) is 2.50. The van der Waals surface area contributed by atoms with Crippen LogP contribution < -0.4 is 11.1 Å². The van der Waals surface area contributed by atoms with Gasteiger partial charge in [0.15, 0.2) is 0 Å². The first kappa shape index (κ1) is 17.5. The summed E-state index contributed by atoms with van der Waals surface area (Å²) < 4.78 is 2.02. The second-order valence-corrected chi connectivity index (χ2v) is 7.00.